The quantitative estimate of drug-likeness (QED) is 0.877. The lowest BCUT2D eigenvalue weighted by Crippen LogP contribution is -2.40. The van der Waals surface area contributed by atoms with Crippen LogP contribution in [0.2, 0.25) is 0 Å². The van der Waals surface area contributed by atoms with Gasteiger partial charge in [0.1, 0.15) is 5.60 Å². The third-order valence-electron chi connectivity index (χ3n) is 5.18. The largest absolute Gasteiger partial charge is 0.444 e. The monoisotopic (exact) mass is 388 g/mol. The number of piperidine rings is 1. The second kappa shape index (κ2) is 6.21. The van der Waals surface area contributed by atoms with Crippen molar-refractivity contribution >= 4 is 26.9 Å². The number of likely N-dealkylation sites (tertiary alicyclic amines) is 1. The van der Waals surface area contributed by atoms with Gasteiger partial charge in [0.2, 0.25) is 10.0 Å². The maximum absolute atomic E-state index is 12.9. The van der Waals surface area contributed by atoms with Crippen molar-refractivity contribution in [2.24, 2.45) is 11.8 Å². The second-order valence-corrected chi connectivity index (χ2v) is 10.0. The van der Waals surface area contributed by atoms with Gasteiger partial charge in [0.05, 0.1) is 4.90 Å². The Morgan fingerprint density at radius 1 is 1.07 bits per heavy atom. The van der Waals surface area contributed by atoms with Crippen molar-refractivity contribution in [3.63, 3.8) is 0 Å². The number of fused-ring (bicyclic) bond motifs is 2. The molecule has 0 spiro atoms. The van der Waals surface area contributed by atoms with E-state index in [1.165, 1.54) is 0 Å². The van der Waals surface area contributed by atoms with Gasteiger partial charge >= 0.3 is 6.09 Å². The minimum atomic E-state index is -3.62. The molecule has 6 nitrogen and oxygen atoms in total. The van der Waals surface area contributed by atoms with Crippen molar-refractivity contribution in [1.82, 2.24) is 9.62 Å². The van der Waals surface area contributed by atoms with Crippen LogP contribution in [0.4, 0.5) is 4.79 Å². The van der Waals surface area contributed by atoms with Gasteiger partial charge in [-0.25, -0.2) is 17.9 Å². The lowest BCUT2D eigenvalue weighted by Gasteiger charge is -2.26. The van der Waals surface area contributed by atoms with E-state index in [0.29, 0.717) is 23.4 Å². The summed E-state index contributed by atoms with van der Waals surface area (Å²) < 4.78 is 34.1. The van der Waals surface area contributed by atoms with Crippen LogP contribution in [0.1, 0.15) is 20.8 Å². The number of carbonyl (C=O) groups is 1. The average Bonchev–Trinajstić information content (AvgIpc) is 3.02. The first-order valence-corrected chi connectivity index (χ1v) is 10.6. The highest BCUT2D eigenvalue weighted by Crippen LogP contribution is 2.46. The zero-order valence-corrected chi connectivity index (χ0v) is 16.5. The lowest BCUT2D eigenvalue weighted by atomic mass is 10.1. The highest BCUT2D eigenvalue weighted by atomic mass is 32.2. The van der Waals surface area contributed by atoms with E-state index in [2.05, 4.69) is 4.72 Å². The van der Waals surface area contributed by atoms with E-state index in [1.54, 1.807) is 17.0 Å². The SMILES string of the molecule is CC(C)(C)OC(=O)N1CC2C(C1)C2NS(=O)(=O)c1cccc2ccccc12. The van der Waals surface area contributed by atoms with E-state index in [0.717, 1.165) is 5.39 Å². The molecule has 2 aliphatic rings. The molecular formula is C20H24N2O4S. The molecular weight excluding hydrogens is 364 g/mol. The predicted molar refractivity (Wildman–Crippen MR) is 103 cm³/mol. The minimum Gasteiger partial charge on any atom is -0.444 e. The number of ether oxygens (including phenoxy) is 1. The number of carbonyl (C=O) groups excluding carboxylic acids is 1. The smallest absolute Gasteiger partial charge is 0.410 e. The highest BCUT2D eigenvalue weighted by Gasteiger charge is 2.58. The summed E-state index contributed by atoms with van der Waals surface area (Å²) in [7, 11) is -3.62. The van der Waals surface area contributed by atoms with Gasteiger partial charge in [-0.1, -0.05) is 36.4 Å². The van der Waals surface area contributed by atoms with E-state index in [9.17, 15) is 13.2 Å². The zero-order valence-electron chi connectivity index (χ0n) is 15.7. The number of benzene rings is 2. The third kappa shape index (κ3) is 3.53. The molecule has 1 N–H and O–H groups in total. The van der Waals surface area contributed by atoms with E-state index >= 15 is 0 Å². The molecule has 2 aromatic carbocycles. The summed E-state index contributed by atoms with van der Waals surface area (Å²) in [4.78, 5) is 14.1. The van der Waals surface area contributed by atoms with Gasteiger partial charge in [0.25, 0.3) is 0 Å². The van der Waals surface area contributed by atoms with Gasteiger partial charge in [-0.05, 0) is 44.1 Å². The molecule has 2 fully saturated rings. The molecule has 1 aliphatic carbocycles. The molecule has 1 aliphatic heterocycles. The van der Waals surface area contributed by atoms with Crippen LogP contribution in [-0.4, -0.2) is 44.1 Å². The molecule has 1 saturated heterocycles. The van der Waals surface area contributed by atoms with Crippen molar-refractivity contribution in [3.05, 3.63) is 42.5 Å². The van der Waals surface area contributed by atoms with Crippen LogP contribution in [0.25, 0.3) is 10.8 Å². The van der Waals surface area contributed by atoms with E-state index in [4.69, 9.17) is 4.74 Å². The number of sulfonamides is 1. The lowest BCUT2D eigenvalue weighted by molar-refractivity contribution is 0.0271. The van der Waals surface area contributed by atoms with Gasteiger partial charge < -0.3 is 9.64 Å². The molecule has 1 amide bonds. The van der Waals surface area contributed by atoms with Crippen LogP contribution >= 0.6 is 0 Å². The fourth-order valence-corrected chi connectivity index (χ4v) is 5.42. The summed E-state index contributed by atoms with van der Waals surface area (Å²) in [5.74, 6) is 0.310. The molecule has 0 aromatic heterocycles. The van der Waals surface area contributed by atoms with Crippen LogP contribution in [0.5, 0.6) is 0 Å². The van der Waals surface area contributed by atoms with Gasteiger partial charge in [0.15, 0.2) is 0 Å². The number of rotatable bonds is 3. The molecule has 7 heteroatoms. The van der Waals surface area contributed by atoms with Gasteiger partial charge in [-0.15, -0.1) is 0 Å². The van der Waals surface area contributed by atoms with Crippen molar-refractivity contribution < 1.29 is 17.9 Å². The molecule has 1 heterocycles. The Bertz CT molecular complexity index is 979. The maximum atomic E-state index is 12.9. The van der Waals surface area contributed by atoms with E-state index in [1.807, 2.05) is 51.1 Å². The van der Waals surface area contributed by atoms with Crippen molar-refractivity contribution in [2.75, 3.05) is 13.1 Å². The molecule has 1 saturated carbocycles. The number of hydrogen-bond acceptors (Lipinski definition) is 4. The maximum Gasteiger partial charge on any atom is 0.410 e. The van der Waals surface area contributed by atoms with Crippen LogP contribution in [-0.2, 0) is 14.8 Å². The summed E-state index contributed by atoms with van der Waals surface area (Å²) in [5.41, 5.74) is -0.529. The Kier molecular flexibility index (Phi) is 4.20. The first-order chi connectivity index (χ1) is 12.7. The Balaban J connectivity index is 1.44. The molecule has 0 bridgehead atoms. The van der Waals surface area contributed by atoms with Gasteiger partial charge in [-0.2, -0.15) is 0 Å². The summed E-state index contributed by atoms with van der Waals surface area (Å²) in [6, 6.07) is 12.6. The number of amides is 1. The molecule has 144 valence electrons. The first kappa shape index (κ1) is 18.3. The first-order valence-electron chi connectivity index (χ1n) is 9.14. The summed E-state index contributed by atoms with van der Waals surface area (Å²) in [6.45, 7) is 6.57. The Hall–Kier alpha value is -2.12. The van der Waals surface area contributed by atoms with Crippen molar-refractivity contribution in [2.45, 2.75) is 37.3 Å². The molecule has 2 unspecified atom stereocenters. The van der Waals surface area contributed by atoms with E-state index < -0.39 is 15.6 Å². The van der Waals surface area contributed by atoms with E-state index in [-0.39, 0.29) is 24.0 Å². The zero-order chi connectivity index (χ0) is 19.4. The second-order valence-electron chi connectivity index (χ2n) is 8.34. The fourth-order valence-electron chi connectivity index (χ4n) is 3.85. The predicted octanol–water partition coefficient (Wildman–Crippen LogP) is 2.98. The van der Waals surface area contributed by atoms with Gasteiger partial charge in [-0.3, -0.25) is 0 Å². The molecule has 4 rings (SSSR count). The Morgan fingerprint density at radius 2 is 1.70 bits per heavy atom. The normalized spacial score (nSPS) is 24.7. The fraction of sp³-hybridized carbons (Fsp3) is 0.450. The van der Waals surface area contributed by atoms with Crippen LogP contribution < -0.4 is 4.72 Å². The number of hydrogen-bond donors (Lipinski definition) is 1. The standard InChI is InChI=1S/C20H24N2O4S/c1-20(2,3)26-19(23)22-11-15-16(12-22)18(15)21-27(24,25)17-10-6-8-13-7-4-5-9-14(13)17/h4-10,15-16,18,21H,11-12H2,1-3H3. The topological polar surface area (TPSA) is 75.7 Å². The summed E-state index contributed by atoms with van der Waals surface area (Å²) >= 11 is 0. The minimum absolute atomic E-state index is 0.118. The summed E-state index contributed by atoms with van der Waals surface area (Å²) in [6.07, 6.45) is -0.328. The van der Waals surface area contributed by atoms with Crippen LogP contribution in [0.15, 0.2) is 47.4 Å². The number of nitrogens with zero attached hydrogens (tertiary/aromatic N) is 1. The molecule has 0 radical (unpaired) electrons. The Morgan fingerprint density at radius 3 is 2.37 bits per heavy atom. The Labute approximate surface area is 159 Å². The van der Waals surface area contributed by atoms with Crippen LogP contribution in [0.3, 0.4) is 0 Å². The van der Waals surface area contributed by atoms with Crippen LogP contribution in [0, 0.1) is 11.8 Å². The number of nitrogens with one attached hydrogen (secondary N) is 1. The van der Waals surface area contributed by atoms with Gasteiger partial charge in [0, 0.05) is 24.5 Å². The summed E-state index contributed by atoms with van der Waals surface area (Å²) in [5, 5.41) is 1.61. The molecule has 2 aromatic rings. The molecule has 2 atom stereocenters. The molecule has 27 heavy (non-hydrogen) atoms. The van der Waals surface area contributed by atoms with Crippen molar-refractivity contribution in [1.29, 1.82) is 0 Å². The van der Waals surface area contributed by atoms with Crippen molar-refractivity contribution in [3.8, 4) is 0 Å². The highest BCUT2D eigenvalue weighted by molar-refractivity contribution is 7.89. The third-order valence-corrected chi connectivity index (χ3v) is 6.69. The average molecular weight is 388 g/mol.